The van der Waals surface area contributed by atoms with Gasteiger partial charge in [-0.15, -0.1) is 0 Å². The number of nitrogens with two attached hydrogens (primary N) is 1. The quantitative estimate of drug-likeness (QED) is 0.828. The summed E-state index contributed by atoms with van der Waals surface area (Å²) in [6, 6.07) is -0.168. The summed E-state index contributed by atoms with van der Waals surface area (Å²) in [6.45, 7) is 4.19. The van der Waals surface area contributed by atoms with E-state index in [1.807, 2.05) is 6.92 Å². The van der Waals surface area contributed by atoms with Gasteiger partial charge in [-0.25, -0.2) is 0 Å². The first-order valence-electron chi connectivity index (χ1n) is 5.91. The Labute approximate surface area is 96.0 Å². The van der Waals surface area contributed by atoms with Crippen LogP contribution in [0.4, 0.5) is 0 Å². The summed E-state index contributed by atoms with van der Waals surface area (Å²) in [7, 11) is 2.17. The van der Waals surface area contributed by atoms with Crippen LogP contribution in [0.5, 0.6) is 0 Å². The monoisotopic (exact) mass is 224 g/mol. The zero-order valence-electron chi connectivity index (χ0n) is 10.0. The van der Waals surface area contributed by atoms with Crippen LogP contribution < -0.4 is 5.73 Å². The summed E-state index contributed by atoms with van der Waals surface area (Å²) in [6.07, 6.45) is 3.36. The van der Waals surface area contributed by atoms with Crippen LogP contribution in [0.1, 0.15) is 37.5 Å². The summed E-state index contributed by atoms with van der Waals surface area (Å²) < 4.78 is 5.09. The summed E-state index contributed by atoms with van der Waals surface area (Å²) in [4.78, 5) is 6.67. The van der Waals surface area contributed by atoms with Gasteiger partial charge in [-0.2, -0.15) is 4.98 Å². The maximum absolute atomic E-state index is 5.68. The van der Waals surface area contributed by atoms with E-state index in [-0.39, 0.29) is 6.04 Å². The van der Waals surface area contributed by atoms with Gasteiger partial charge >= 0.3 is 0 Å². The van der Waals surface area contributed by atoms with Crippen molar-refractivity contribution in [3.05, 3.63) is 11.7 Å². The Balaban J connectivity index is 1.88. The molecule has 2 heterocycles. The molecule has 1 atom stereocenters. The average Bonchev–Trinajstić information content (AvgIpc) is 2.70. The van der Waals surface area contributed by atoms with Crippen molar-refractivity contribution >= 4 is 0 Å². The number of rotatable bonds is 3. The number of likely N-dealkylation sites (tertiary alicyclic amines) is 1. The van der Waals surface area contributed by atoms with Crippen molar-refractivity contribution in [3.8, 4) is 0 Å². The van der Waals surface area contributed by atoms with Crippen molar-refractivity contribution in [2.24, 2.45) is 11.7 Å². The molecule has 1 unspecified atom stereocenters. The number of hydrogen-bond acceptors (Lipinski definition) is 5. The minimum Gasteiger partial charge on any atom is -0.338 e. The molecule has 0 aromatic carbocycles. The molecule has 1 aromatic rings. The van der Waals surface area contributed by atoms with Crippen molar-refractivity contribution in [2.45, 2.75) is 32.2 Å². The minimum atomic E-state index is -0.168. The van der Waals surface area contributed by atoms with Crippen molar-refractivity contribution in [1.29, 1.82) is 0 Å². The van der Waals surface area contributed by atoms with Crippen molar-refractivity contribution in [3.63, 3.8) is 0 Å². The van der Waals surface area contributed by atoms with Gasteiger partial charge in [0.05, 0.1) is 6.04 Å². The molecule has 1 aromatic heterocycles. The fraction of sp³-hybridized carbons (Fsp3) is 0.818. The van der Waals surface area contributed by atoms with Gasteiger partial charge in [-0.3, -0.25) is 0 Å². The molecule has 2 N–H and O–H groups in total. The second kappa shape index (κ2) is 4.93. The van der Waals surface area contributed by atoms with E-state index >= 15 is 0 Å². The Hall–Kier alpha value is -0.940. The van der Waals surface area contributed by atoms with Gasteiger partial charge in [0.1, 0.15) is 0 Å². The third kappa shape index (κ3) is 2.80. The van der Waals surface area contributed by atoms with E-state index in [0.717, 1.165) is 12.2 Å². The van der Waals surface area contributed by atoms with Crippen LogP contribution >= 0.6 is 0 Å². The Bertz CT molecular complexity index is 328. The lowest BCUT2D eigenvalue weighted by molar-refractivity contribution is 0.216. The molecule has 1 aliphatic rings. The summed E-state index contributed by atoms with van der Waals surface area (Å²) in [5, 5.41) is 3.97. The van der Waals surface area contributed by atoms with Crippen molar-refractivity contribution < 1.29 is 4.52 Å². The van der Waals surface area contributed by atoms with Gasteiger partial charge in [0.15, 0.2) is 5.82 Å². The van der Waals surface area contributed by atoms with E-state index in [0.29, 0.717) is 11.8 Å². The van der Waals surface area contributed by atoms with Gasteiger partial charge in [0.25, 0.3) is 0 Å². The smallest absolute Gasteiger partial charge is 0.243 e. The van der Waals surface area contributed by atoms with Crippen LogP contribution in [-0.2, 0) is 6.42 Å². The van der Waals surface area contributed by atoms with Crippen LogP contribution in [0.15, 0.2) is 4.52 Å². The Morgan fingerprint density at radius 3 is 2.75 bits per heavy atom. The van der Waals surface area contributed by atoms with E-state index < -0.39 is 0 Å². The number of nitrogens with zero attached hydrogens (tertiary/aromatic N) is 3. The highest BCUT2D eigenvalue weighted by Gasteiger charge is 2.19. The molecule has 2 rings (SSSR count). The predicted molar refractivity (Wildman–Crippen MR) is 60.8 cm³/mol. The maximum Gasteiger partial charge on any atom is 0.243 e. The molecule has 0 saturated carbocycles. The molecule has 1 saturated heterocycles. The molecule has 1 fully saturated rings. The lowest BCUT2D eigenvalue weighted by atomic mass is 9.94. The average molecular weight is 224 g/mol. The molecule has 0 radical (unpaired) electrons. The number of aromatic nitrogens is 2. The molecule has 90 valence electrons. The van der Waals surface area contributed by atoms with E-state index in [4.69, 9.17) is 10.3 Å². The topological polar surface area (TPSA) is 68.2 Å². The molecular weight excluding hydrogens is 204 g/mol. The predicted octanol–water partition coefficient (Wildman–Crippen LogP) is 0.974. The number of piperidine rings is 1. The molecule has 5 heteroatoms. The van der Waals surface area contributed by atoms with Crippen molar-refractivity contribution in [1.82, 2.24) is 15.0 Å². The first-order valence-corrected chi connectivity index (χ1v) is 5.91. The zero-order valence-corrected chi connectivity index (χ0v) is 10.0. The summed E-state index contributed by atoms with van der Waals surface area (Å²) >= 11 is 0. The molecule has 1 aliphatic heterocycles. The first-order chi connectivity index (χ1) is 7.65. The Morgan fingerprint density at radius 2 is 2.19 bits per heavy atom. The largest absolute Gasteiger partial charge is 0.338 e. The molecule has 0 aliphatic carbocycles. The van der Waals surface area contributed by atoms with Crippen molar-refractivity contribution in [2.75, 3.05) is 20.1 Å². The Morgan fingerprint density at radius 1 is 1.50 bits per heavy atom. The van der Waals surface area contributed by atoms with Crippen LogP contribution in [-0.4, -0.2) is 35.2 Å². The molecule has 0 spiro atoms. The lowest BCUT2D eigenvalue weighted by Crippen LogP contribution is -2.31. The zero-order chi connectivity index (χ0) is 11.5. The standard InChI is InChI=1S/C11H20N4O/c1-8(12)11-13-10(14-16-11)7-9-3-5-15(2)6-4-9/h8-9H,3-7,12H2,1-2H3. The first kappa shape index (κ1) is 11.5. The van der Waals surface area contributed by atoms with E-state index in [1.54, 1.807) is 0 Å². The molecule has 0 bridgehead atoms. The van der Waals surface area contributed by atoms with Gasteiger partial charge in [0, 0.05) is 6.42 Å². The third-order valence-electron chi connectivity index (χ3n) is 3.18. The molecule has 5 nitrogen and oxygen atoms in total. The second-order valence-corrected chi connectivity index (χ2v) is 4.79. The van der Waals surface area contributed by atoms with Crippen LogP contribution in [0.3, 0.4) is 0 Å². The van der Waals surface area contributed by atoms with Crippen LogP contribution in [0.2, 0.25) is 0 Å². The van der Waals surface area contributed by atoms with E-state index in [1.165, 1.54) is 25.9 Å². The van der Waals surface area contributed by atoms with Gasteiger partial charge in [-0.05, 0) is 45.8 Å². The van der Waals surface area contributed by atoms with Gasteiger partial charge in [0.2, 0.25) is 5.89 Å². The third-order valence-corrected chi connectivity index (χ3v) is 3.18. The van der Waals surface area contributed by atoms with Gasteiger partial charge < -0.3 is 15.2 Å². The summed E-state index contributed by atoms with van der Waals surface area (Å²) in [5.41, 5.74) is 5.68. The maximum atomic E-state index is 5.68. The lowest BCUT2D eigenvalue weighted by Gasteiger charge is -2.28. The number of hydrogen-bond donors (Lipinski definition) is 1. The second-order valence-electron chi connectivity index (χ2n) is 4.79. The van der Waals surface area contributed by atoms with Gasteiger partial charge in [-0.1, -0.05) is 5.16 Å². The Kier molecular flexibility index (Phi) is 3.56. The van der Waals surface area contributed by atoms with E-state index in [9.17, 15) is 0 Å². The molecule has 0 amide bonds. The fourth-order valence-electron chi connectivity index (χ4n) is 2.06. The normalized spacial score (nSPS) is 21.2. The summed E-state index contributed by atoms with van der Waals surface area (Å²) in [5.74, 6) is 2.04. The van der Waals surface area contributed by atoms with Crippen LogP contribution in [0, 0.1) is 5.92 Å². The SMILES string of the molecule is CC(N)c1nc(CC2CCN(C)CC2)no1. The highest BCUT2D eigenvalue weighted by Crippen LogP contribution is 2.20. The minimum absolute atomic E-state index is 0.168. The fourth-order valence-corrected chi connectivity index (χ4v) is 2.06. The molecular formula is C11H20N4O. The highest BCUT2D eigenvalue weighted by molar-refractivity contribution is 4.92. The molecule has 16 heavy (non-hydrogen) atoms. The van der Waals surface area contributed by atoms with E-state index in [2.05, 4.69) is 22.1 Å². The highest BCUT2D eigenvalue weighted by atomic mass is 16.5. The van der Waals surface area contributed by atoms with Crippen LogP contribution in [0.25, 0.3) is 0 Å².